The zero-order valence-corrected chi connectivity index (χ0v) is 14.3. The molecule has 0 unspecified atom stereocenters. The summed E-state index contributed by atoms with van der Waals surface area (Å²) in [6.45, 7) is 5.91. The van der Waals surface area contributed by atoms with Crippen LogP contribution in [0.25, 0.3) is 0 Å². The largest absolute Gasteiger partial charge is 0.496 e. The molecule has 1 atom stereocenters. The highest BCUT2D eigenvalue weighted by atomic mass is 32.2. The number of hydrogen-bond donors (Lipinski definition) is 1. The van der Waals surface area contributed by atoms with Gasteiger partial charge in [-0.1, -0.05) is 6.07 Å². The lowest BCUT2D eigenvalue weighted by atomic mass is 10.1. The Bertz CT molecular complexity index is 693. The molecule has 0 amide bonds. The van der Waals surface area contributed by atoms with Crippen LogP contribution in [-0.4, -0.2) is 18.4 Å². The molecule has 1 N–H and O–H groups in total. The van der Waals surface area contributed by atoms with Crippen LogP contribution in [0.15, 0.2) is 35.2 Å². The van der Waals surface area contributed by atoms with E-state index in [9.17, 15) is 4.21 Å². The number of methoxy groups -OCH3 is 2. The van der Waals surface area contributed by atoms with E-state index in [0.29, 0.717) is 16.4 Å². The first-order chi connectivity index (χ1) is 10.5. The van der Waals surface area contributed by atoms with Crippen molar-refractivity contribution in [1.82, 2.24) is 0 Å². The zero-order valence-electron chi connectivity index (χ0n) is 13.5. The van der Waals surface area contributed by atoms with Crippen molar-refractivity contribution in [1.29, 1.82) is 0 Å². The van der Waals surface area contributed by atoms with Gasteiger partial charge >= 0.3 is 0 Å². The third-order valence-corrected chi connectivity index (χ3v) is 4.52. The average Bonchev–Trinajstić information content (AvgIpc) is 2.45. The number of rotatable bonds is 5. The van der Waals surface area contributed by atoms with Crippen LogP contribution in [0.3, 0.4) is 0 Å². The minimum Gasteiger partial charge on any atom is -0.496 e. The molecule has 5 heteroatoms. The molecule has 0 spiro atoms. The molecule has 0 aliphatic carbocycles. The van der Waals surface area contributed by atoms with Gasteiger partial charge in [-0.25, -0.2) is 4.21 Å². The van der Waals surface area contributed by atoms with Crippen molar-refractivity contribution < 1.29 is 13.7 Å². The molecular formula is C17H21NO3S. The second-order valence-electron chi connectivity index (χ2n) is 5.17. The number of hydrogen-bond acceptors (Lipinski definition) is 3. The first-order valence-electron chi connectivity index (χ1n) is 6.94. The normalized spacial score (nSPS) is 11.9. The average molecular weight is 319 g/mol. The van der Waals surface area contributed by atoms with Gasteiger partial charge < -0.3 is 14.2 Å². The van der Waals surface area contributed by atoms with E-state index in [-0.39, 0.29) is 0 Å². The molecule has 0 heterocycles. The maximum absolute atomic E-state index is 12.6. The minimum absolute atomic E-state index is 0.578. The van der Waals surface area contributed by atoms with Crippen LogP contribution in [0.2, 0.25) is 0 Å². The van der Waals surface area contributed by atoms with Gasteiger partial charge in [0.05, 0.1) is 14.2 Å². The zero-order chi connectivity index (χ0) is 16.3. The predicted octanol–water partition coefficient (Wildman–Crippen LogP) is 3.76. The van der Waals surface area contributed by atoms with E-state index in [0.717, 1.165) is 22.4 Å². The van der Waals surface area contributed by atoms with Crippen molar-refractivity contribution >= 4 is 16.7 Å². The number of aryl methyl sites for hydroxylation is 2. The lowest BCUT2D eigenvalue weighted by molar-refractivity contribution is 0.381. The quantitative estimate of drug-likeness (QED) is 0.912. The summed E-state index contributed by atoms with van der Waals surface area (Å²) >= 11 is 0. The summed E-state index contributed by atoms with van der Waals surface area (Å²) < 4.78 is 26.4. The van der Waals surface area contributed by atoms with Gasteiger partial charge in [0.25, 0.3) is 0 Å². The van der Waals surface area contributed by atoms with Crippen LogP contribution in [0.1, 0.15) is 16.7 Å². The molecule has 0 saturated carbocycles. The van der Waals surface area contributed by atoms with Crippen molar-refractivity contribution in [2.24, 2.45) is 0 Å². The first kappa shape index (κ1) is 16.4. The number of benzene rings is 2. The third-order valence-electron chi connectivity index (χ3n) is 3.38. The molecule has 0 fully saturated rings. The van der Waals surface area contributed by atoms with E-state index in [1.807, 2.05) is 32.9 Å². The van der Waals surface area contributed by atoms with E-state index < -0.39 is 11.0 Å². The summed E-state index contributed by atoms with van der Waals surface area (Å²) in [6.07, 6.45) is 0. The molecule has 4 nitrogen and oxygen atoms in total. The summed E-state index contributed by atoms with van der Waals surface area (Å²) in [4.78, 5) is 0.597. The van der Waals surface area contributed by atoms with Gasteiger partial charge in [0.2, 0.25) is 0 Å². The summed E-state index contributed by atoms with van der Waals surface area (Å²) in [5.74, 6) is 1.29. The second-order valence-corrected chi connectivity index (χ2v) is 6.35. The van der Waals surface area contributed by atoms with Gasteiger partial charge in [0, 0.05) is 11.3 Å². The lowest BCUT2D eigenvalue weighted by Crippen LogP contribution is -2.08. The first-order valence-corrected chi connectivity index (χ1v) is 8.09. The Morgan fingerprint density at radius 1 is 0.955 bits per heavy atom. The van der Waals surface area contributed by atoms with E-state index in [4.69, 9.17) is 9.47 Å². The molecular weight excluding hydrogens is 298 g/mol. The van der Waals surface area contributed by atoms with E-state index >= 15 is 0 Å². The van der Waals surface area contributed by atoms with Gasteiger partial charge in [-0.2, -0.15) is 0 Å². The Labute approximate surface area is 134 Å². The monoisotopic (exact) mass is 319 g/mol. The Kier molecular flexibility index (Phi) is 5.08. The molecule has 0 aromatic heterocycles. The van der Waals surface area contributed by atoms with Crippen LogP contribution in [0.4, 0.5) is 5.69 Å². The smallest absolute Gasteiger partial charge is 0.154 e. The highest BCUT2D eigenvalue weighted by molar-refractivity contribution is 7.86. The molecule has 118 valence electrons. The fourth-order valence-corrected chi connectivity index (χ4v) is 3.50. The molecule has 0 radical (unpaired) electrons. The van der Waals surface area contributed by atoms with Crippen molar-refractivity contribution in [2.75, 3.05) is 18.9 Å². The molecule has 0 aliphatic heterocycles. The summed E-state index contributed by atoms with van der Waals surface area (Å²) in [6, 6.07) is 9.57. The van der Waals surface area contributed by atoms with Crippen LogP contribution >= 0.6 is 0 Å². The molecule has 0 bridgehead atoms. The van der Waals surface area contributed by atoms with Gasteiger partial charge in [-0.05, 0) is 56.2 Å². The van der Waals surface area contributed by atoms with Crippen LogP contribution < -0.4 is 14.2 Å². The second kappa shape index (κ2) is 6.83. The highest BCUT2D eigenvalue weighted by Gasteiger charge is 2.16. The van der Waals surface area contributed by atoms with Crippen LogP contribution in [0, 0.1) is 20.8 Å². The molecule has 2 rings (SSSR count). The standard InChI is InChI=1S/C17H21NO3S/c1-11-8-12(2)10-14(9-11)18-22(19)16-7-6-15(20-4)13(3)17(16)21-5/h6-10,18H,1-5H3/t22-/m0/s1. The van der Waals surface area contributed by atoms with Gasteiger partial charge in [0.1, 0.15) is 16.4 Å². The fraction of sp³-hybridized carbons (Fsp3) is 0.294. The highest BCUT2D eigenvalue weighted by Crippen LogP contribution is 2.33. The number of ether oxygens (including phenoxy) is 2. The van der Waals surface area contributed by atoms with E-state index in [2.05, 4.69) is 10.8 Å². The summed E-state index contributed by atoms with van der Waals surface area (Å²) in [5, 5.41) is 0. The summed E-state index contributed by atoms with van der Waals surface area (Å²) in [7, 11) is 1.76. The third kappa shape index (κ3) is 3.42. The van der Waals surface area contributed by atoms with E-state index in [1.54, 1.807) is 26.4 Å². The van der Waals surface area contributed by atoms with Crippen LogP contribution in [-0.2, 0) is 11.0 Å². The molecule has 0 aliphatic rings. The Balaban J connectivity index is 2.35. The Morgan fingerprint density at radius 2 is 1.59 bits per heavy atom. The van der Waals surface area contributed by atoms with Gasteiger partial charge in [0.15, 0.2) is 11.0 Å². The van der Waals surface area contributed by atoms with Crippen molar-refractivity contribution in [2.45, 2.75) is 25.7 Å². The topological polar surface area (TPSA) is 47.6 Å². The van der Waals surface area contributed by atoms with Crippen LogP contribution in [0.5, 0.6) is 11.5 Å². The Hall–Kier alpha value is -2.01. The van der Waals surface area contributed by atoms with Crippen molar-refractivity contribution in [3.63, 3.8) is 0 Å². The lowest BCUT2D eigenvalue weighted by Gasteiger charge is -2.15. The summed E-state index contributed by atoms with van der Waals surface area (Å²) in [5.41, 5.74) is 3.90. The minimum atomic E-state index is -1.41. The van der Waals surface area contributed by atoms with Gasteiger partial charge in [-0.15, -0.1) is 0 Å². The fourth-order valence-electron chi connectivity index (χ4n) is 2.47. The number of nitrogens with one attached hydrogen (secondary N) is 1. The maximum Gasteiger partial charge on any atom is 0.154 e. The maximum atomic E-state index is 12.6. The predicted molar refractivity (Wildman–Crippen MR) is 90.2 cm³/mol. The number of anilines is 1. The van der Waals surface area contributed by atoms with Gasteiger partial charge in [-0.3, -0.25) is 0 Å². The molecule has 22 heavy (non-hydrogen) atoms. The molecule has 0 saturated heterocycles. The van der Waals surface area contributed by atoms with Crippen molar-refractivity contribution in [3.8, 4) is 11.5 Å². The Morgan fingerprint density at radius 3 is 2.14 bits per heavy atom. The van der Waals surface area contributed by atoms with E-state index in [1.165, 1.54) is 0 Å². The molecule has 2 aromatic rings. The molecule has 2 aromatic carbocycles. The SMILES string of the molecule is COc1ccc([S@](=O)Nc2cc(C)cc(C)c2)c(OC)c1C. The van der Waals surface area contributed by atoms with Crippen molar-refractivity contribution in [3.05, 3.63) is 47.0 Å².